The maximum atomic E-state index is 2.47. The Morgan fingerprint density at radius 3 is 1.55 bits per heavy atom. The molecule has 0 bridgehead atoms. The van der Waals surface area contributed by atoms with Gasteiger partial charge in [0.25, 0.3) is 0 Å². The molecule has 2 heteroatoms. The summed E-state index contributed by atoms with van der Waals surface area (Å²) < 4.78 is 2.47. The first kappa shape index (κ1) is 33.6. The molecule has 1 aromatic heterocycles. The Morgan fingerprint density at radius 1 is 0.310 bits per heavy atom. The minimum absolute atomic E-state index is 1.09. The zero-order chi connectivity index (χ0) is 38.4. The maximum absolute atomic E-state index is 2.47. The minimum atomic E-state index is 1.09. The Labute approximate surface area is 338 Å². The Bertz CT molecular complexity index is 3170. The van der Waals surface area contributed by atoms with Crippen molar-refractivity contribution >= 4 is 60.4 Å². The van der Waals surface area contributed by atoms with Gasteiger partial charge in [-0.05, 0) is 110 Å². The zero-order valence-corrected chi connectivity index (χ0v) is 31.8. The molecule has 0 unspecified atom stereocenters. The first-order valence-corrected chi connectivity index (χ1v) is 19.9. The minimum Gasteiger partial charge on any atom is -0.308 e. The molecule has 11 aromatic rings. The van der Waals surface area contributed by atoms with Gasteiger partial charge in [-0.1, -0.05) is 176 Å². The van der Waals surface area contributed by atoms with Gasteiger partial charge in [-0.2, -0.15) is 0 Å². The molecule has 0 saturated heterocycles. The largest absolute Gasteiger partial charge is 0.308 e. The third-order valence-electron chi connectivity index (χ3n) is 11.6. The molecule has 0 radical (unpaired) electrons. The van der Waals surface area contributed by atoms with E-state index in [4.69, 9.17) is 0 Å². The fourth-order valence-electron chi connectivity index (χ4n) is 8.83. The summed E-state index contributed by atoms with van der Waals surface area (Å²) in [7, 11) is 0. The molecule has 0 N–H and O–H groups in total. The first-order chi connectivity index (χ1) is 28.8. The summed E-state index contributed by atoms with van der Waals surface area (Å²) in [5.41, 5.74) is 14.0. The molecule has 10 aromatic carbocycles. The van der Waals surface area contributed by atoms with E-state index in [-0.39, 0.29) is 0 Å². The molecule has 2 nitrogen and oxygen atoms in total. The Balaban J connectivity index is 1.14. The molecule has 0 atom stereocenters. The summed E-state index contributed by atoms with van der Waals surface area (Å²) in [6, 6.07) is 83.7. The number of nitrogens with zero attached hydrogens (tertiary/aromatic N) is 2. The van der Waals surface area contributed by atoms with Gasteiger partial charge in [-0.15, -0.1) is 0 Å². The lowest BCUT2D eigenvalue weighted by Gasteiger charge is -2.28. The quantitative estimate of drug-likeness (QED) is 0.158. The number of benzene rings is 10. The van der Waals surface area contributed by atoms with E-state index >= 15 is 0 Å². The number of aromatic nitrogens is 1. The van der Waals surface area contributed by atoms with Crippen molar-refractivity contribution in [3.05, 3.63) is 231 Å². The molecule has 1 heterocycles. The van der Waals surface area contributed by atoms with E-state index in [0.29, 0.717) is 0 Å². The van der Waals surface area contributed by atoms with Crippen molar-refractivity contribution < 1.29 is 0 Å². The van der Waals surface area contributed by atoms with E-state index in [2.05, 4.69) is 240 Å². The Kier molecular flexibility index (Phi) is 8.19. The summed E-state index contributed by atoms with van der Waals surface area (Å²) in [6.07, 6.45) is 0. The highest BCUT2D eigenvalue weighted by Gasteiger charge is 2.22. The smallest absolute Gasteiger partial charge is 0.0702 e. The highest BCUT2D eigenvalue weighted by molar-refractivity contribution is 6.25. The van der Waals surface area contributed by atoms with E-state index in [1.165, 1.54) is 76.7 Å². The third-order valence-corrected chi connectivity index (χ3v) is 11.6. The maximum Gasteiger partial charge on any atom is 0.0702 e. The van der Waals surface area contributed by atoms with Crippen LogP contribution in [0.25, 0.3) is 82.4 Å². The summed E-state index contributed by atoms with van der Waals surface area (Å²) in [5.74, 6) is 0. The molecule has 0 spiro atoms. The van der Waals surface area contributed by atoms with Crippen LogP contribution in [-0.2, 0) is 0 Å². The van der Waals surface area contributed by atoms with Gasteiger partial charge in [0.1, 0.15) is 0 Å². The predicted octanol–water partition coefficient (Wildman–Crippen LogP) is 15.6. The summed E-state index contributed by atoms with van der Waals surface area (Å²) in [4.78, 5) is 2.40. The average Bonchev–Trinajstić information content (AvgIpc) is 3.64. The Morgan fingerprint density at radius 2 is 0.845 bits per heavy atom. The van der Waals surface area contributed by atoms with Gasteiger partial charge >= 0.3 is 0 Å². The van der Waals surface area contributed by atoms with Crippen molar-refractivity contribution in [2.75, 3.05) is 4.90 Å². The van der Waals surface area contributed by atoms with E-state index in [1.54, 1.807) is 0 Å². The second-order valence-electron chi connectivity index (χ2n) is 14.9. The van der Waals surface area contributed by atoms with E-state index in [9.17, 15) is 0 Å². The van der Waals surface area contributed by atoms with Crippen LogP contribution in [-0.4, -0.2) is 4.57 Å². The highest BCUT2D eigenvalue weighted by atomic mass is 15.2. The molecule has 0 aliphatic carbocycles. The fraction of sp³-hybridized carbons (Fsp3) is 0. The van der Waals surface area contributed by atoms with Gasteiger partial charge in [0.05, 0.1) is 22.4 Å². The van der Waals surface area contributed by atoms with Crippen LogP contribution in [0.4, 0.5) is 17.1 Å². The second kappa shape index (κ2) is 14.1. The molecule has 0 amide bonds. The molecule has 11 rings (SSSR count). The van der Waals surface area contributed by atoms with Gasteiger partial charge < -0.3 is 9.47 Å². The molecule has 272 valence electrons. The first-order valence-electron chi connectivity index (χ1n) is 19.9. The van der Waals surface area contributed by atoms with E-state index in [0.717, 1.165) is 22.7 Å². The van der Waals surface area contributed by atoms with Crippen molar-refractivity contribution in [1.82, 2.24) is 4.57 Å². The molecule has 0 aliphatic rings. The lowest BCUT2D eigenvalue weighted by atomic mass is 9.93. The molecule has 58 heavy (non-hydrogen) atoms. The van der Waals surface area contributed by atoms with Crippen LogP contribution in [0.3, 0.4) is 0 Å². The molecular weight excluding hydrogens is 701 g/mol. The highest BCUT2D eigenvalue weighted by Crippen LogP contribution is 2.45. The van der Waals surface area contributed by atoms with Crippen molar-refractivity contribution in [1.29, 1.82) is 0 Å². The van der Waals surface area contributed by atoms with Gasteiger partial charge in [0.2, 0.25) is 0 Å². The van der Waals surface area contributed by atoms with Crippen molar-refractivity contribution in [2.45, 2.75) is 0 Å². The molecule has 0 saturated carbocycles. The van der Waals surface area contributed by atoms with Crippen LogP contribution in [0.1, 0.15) is 0 Å². The van der Waals surface area contributed by atoms with Gasteiger partial charge in [0, 0.05) is 22.1 Å². The Hall–Kier alpha value is -7.68. The van der Waals surface area contributed by atoms with Crippen molar-refractivity contribution in [3.8, 4) is 39.1 Å². The van der Waals surface area contributed by atoms with Gasteiger partial charge in [-0.25, -0.2) is 0 Å². The van der Waals surface area contributed by atoms with E-state index < -0.39 is 0 Å². The van der Waals surface area contributed by atoms with Crippen LogP contribution < -0.4 is 4.90 Å². The van der Waals surface area contributed by atoms with Crippen molar-refractivity contribution in [2.24, 2.45) is 0 Å². The standard InChI is InChI=1S/C56H38N2/c1-3-14-39(15-4-1)42-28-33-47(34-29-42)57(48-35-30-43(31-36-48)40-16-5-2-6-17-40)52-24-11-12-25-53(52)58-51-23-10-9-21-50(51)56-54(58)37-32-44-20-13-22-49(55(44)56)46-27-26-41-18-7-8-19-45(41)38-46/h1-38H. The topological polar surface area (TPSA) is 8.17 Å². The lowest BCUT2D eigenvalue weighted by Crippen LogP contribution is -2.13. The lowest BCUT2D eigenvalue weighted by molar-refractivity contribution is 1.15. The summed E-state index contributed by atoms with van der Waals surface area (Å²) in [6.45, 7) is 0. The van der Waals surface area contributed by atoms with Crippen LogP contribution >= 0.6 is 0 Å². The zero-order valence-electron chi connectivity index (χ0n) is 31.8. The monoisotopic (exact) mass is 738 g/mol. The van der Waals surface area contributed by atoms with Gasteiger partial charge in [-0.3, -0.25) is 0 Å². The van der Waals surface area contributed by atoms with Crippen LogP contribution in [0.5, 0.6) is 0 Å². The van der Waals surface area contributed by atoms with E-state index in [1.807, 2.05) is 0 Å². The number of para-hydroxylation sites is 3. The number of rotatable bonds is 7. The third kappa shape index (κ3) is 5.74. The van der Waals surface area contributed by atoms with Crippen LogP contribution in [0.15, 0.2) is 231 Å². The number of hydrogen-bond donors (Lipinski definition) is 0. The van der Waals surface area contributed by atoms with Gasteiger partial charge in [0.15, 0.2) is 0 Å². The summed E-state index contributed by atoms with van der Waals surface area (Å²) in [5, 5.41) is 7.49. The number of hydrogen-bond acceptors (Lipinski definition) is 1. The molecule has 0 fully saturated rings. The van der Waals surface area contributed by atoms with Crippen molar-refractivity contribution in [3.63, 3.8) is 0 Å². The van der Waals surface area contributed by atoms with Crippen LogP contribution in [0.2, 0.25) is 0 Å². The fourth-order valence-corrected chi connectivity index (χ4v) is 8.83. The predicted molar refractivity (Wildman–Crippen MR) is 247 cm³/mol. The SMILES string of the molecule is c1ccc(-c2ccc(N(c3ccc(-c4ccccc4)cc3)c3ccccc3-n3c4ccccc4c4c5c(-c6ccc7ccccc7c6)cccc5ccc43)cc2)cc1. The summed E-state index contributed by atoms with van der Waals surface area (Å²) >= 11 is 0. The second-order valence-corrected chi connectivity index (χ2v) is 14.9. The number of anilines is 3. The number of fused-ring (bicyclic) bond motifs is 6. The molecular formula is C56H38N2. The normalized spacial score (nSPS) is 11.4. The molecule has 0 aliphatic heterocycles. The van der Waals surface area contributed by atoms with Crippen LogP contribution in [0, 0.1) is 0 Å². The average molecular weight is 739 g/mol.